The minimum atomic E-state index is -1.80. The van der Waals surface area contributed by atoms with E-state index in [2.05, 4.69) is 19.9 Å². The summed E-state index contributed by atoms with van der Waals surface area (Å²) in [5.74, 6) is 0.742. The van der Waals surface area contributed by atoms with E-state index >= 15 is 0 Å². The van der Waals surface area contributed by atoms with Crippen LogP contribution in [0.5, 0.6) is 0 Å². The van der Waals surface area contributed by atoms with Crippen LogP contribution in [0.3, 0.4) is 0 Å². The SMILES string of the molecule is CN(CCc1ccncc1)c1nc(-c2ccc(Cl)c(Cl)c2)nc(C(Cl)(Cl)Cl)n1. The van der Waals surface area contributed by atoms with Crippen LogP contribution in [0.1, 0.15) is 11.4 Å². The second kappa shape index (κ2) is 8.97. The molecule has 0 aliphatic rings. The van der Waals surface area contributed by atoms with E-state index in [0.717, 1.165) is 12.0 Å². The molecule has 5 nitrogen and oxygen atoms in total. The number of hydrogen-bond acceptors (Lipinski definition) is 5. The molecular formula is C18H14Cl5N5. The third-order valence-electron chi connectivity index (χ3n) is 3.88. The molecule has 0 N–H and O–H groups in total. The zero-order chi connectivity index (χ0) is 20.3. The summed E-state index contributed by atoms with van der Waals surface area (Å²) in [5, 5.41) is 0.804. The first-order chi connectivity index (χ1) is 13.2. The van der Waals surface area contributed by atoms with Crippen LogP contribution in [0, 0.1) is 0 Å². The van der Waals surface area contributed by atoms with E-state index in [1.54, 1.807) is 30.6 Å². The second-order valence-corrected chi connectivity index (χ2v) is 9.03. The van der Waals surface area contributed by atoms with Crippen LogP contribution >= 0.6 is 58.0 Å². The predicted octanol–water partition coefficient (Wildman–Crippen LogP) is 5.75. The van der Waals surface area contributed by atoms with E-state index in [0.29, 0.717) is 33.9 Å². The molecule has 0 saturated heterocycles. The molecule has 2 aromatic heterocycles. The fourth-order valence-corrected chi connectivity index (χ4v) is 2.92. The summed E-state index contributed by atoms with van der Waals surface area (Å²) < 4.78 is -1.80. The van der Waals surface area contributed by atoms with Crippen LogP contribution < -0.4 is 4.90 Å². The fraction of sp³-hybridized carbons (Fsp3) is 0.222. The molecule has 0 amide bonds. The first-order valence-electron chi connectivity index (χ1n) is 8.13. The van der Waals surface area contributed by atoms with Gasteiger partial charge in [-0.05, 0) is 42.3 Å². The third-order valence-corrected chi connectivity index (χ3v) is 5.13. The van der Waals surface area contributed by atoms with Crippen LogP contribution in [0.15, 0.2) is 42.7 Å². The summed E-state index contributed by atoms with van der Waals surface area (Å²) in [5.41, 5.74) is 1.78. The number of rotatable bonds is 5. The summed E-state index contributed by atoms with van der Waals surface area (Å²) >= 11 is 30.2. The summed E-state index contributed by atoms with van der Waals surface area (Å²) in [6.07, 6.45) is 4.28. The van der Waals surface area contributed by atoms with E-state index in [1.807, 2.05) is 24.1 Å². The maximum absolute atomic E-state index is 6.12. The minimum absolute atomic E-state index is 0.0272. The van der Waals surface area contributed by atoms with Gasteiger partial charge in [0.05, 0.1) is 10.0 Å². The number of likely N-dealkylation sites (N-methyl/N-ethyl adjacent to an activating group) is 1. The highest BCUT2D eigenvalue weighted by molar-refractivity contribution is 6.66. The van der Waals surface area contributed by atoms with Crippen molar-refractivity contribution in [3.8, 4) is 11.4 Å². The molecule has 0 radical (unpaired) electrons. The van der Waals surface area contributed by atoms with Gasteiger partial charge in [-0.1, -0.05) is 58.0 Å². The van der Waals surface area contributed by atoms with Crippen LogP contribution in [0.4, 0.5) is 5.95 Å². The maximum Gasteiger partial charge on any atom is 0.250 e. The molecule has 0 atom stereocenters. The van der Waals surface area contributed by atoms with Gasteiger partial charge in [0.15, 0.2) is 11.6 Å². The highest BCUT2D eigenvalue weighted by Gasteiger charge is 2.29. The Balaban J connectivity index is 1.94. The molecule has 28 heavy (non-hydrogen) atoms. The number of halogens is 5. The molecule has 0 fully saturated rings. The normalized spacial score (nSPS) is 11.5. The van der Waals surface area contributed by atoms with Crippen molar-refractivity contribution in [1.82, 2.24) is 19.9 Å². The van der Waals surface area contributed by atoms with E-state index in [9.17, 15) is 0 Å². The molecular weight excluding hydrogens is 463 g/mol. The lowest BCUT2D eigenvalue weighted by Crippen LogP contribution is -2.24. The quantitative estimate of drug-likeness (QED) is 0.438. The van der Waals surface area contributed by atoms with Gasteiger partial charge < -0.3 is 4.90 Å². The first-order valence-corrected chi connectivity index (χ1v) is 10.0. The first kappa shape index (κ1) is 21.3. The fourth-order valence-electron chi connectivity index (χ4n) is 2.37. The van der Waals surface area contributed by atoms with Gasteiger partial charge in [-0.3, -0.25) is 4.98 Å². The Morgan fingerprint density at radius 2 is 1.64 bits per heavy atom. The van der Waals surface area contributed by atoms with E-state index in [4.69, 9.17) is 58.0 Å². The Morgan fingerprint density at radius 1 is 0.929 bits per heavy atom. The van der Waals surface area contributed by atoms with Crippen molar-refractivity contribution in [2.45, 2.75) is 10.2 Å². The predicted molar refractivity (Wildman–Crippen MR) is 116 cm³/mol. The number of anilines is 1. The lowest BCUT2D eigenvalue weighted by Gasteiger charge is -2.20. The molecule has 0 spiro atoms. The molecule has 2 heterocycles. The second-order valence-electron chi connectivity index (χ2n) is 5.94. The lowest BCUT2D eigenvalue weighted by atomic mass is 10.2. The monoisotopic (exact) mass is 475 g/mol. The molecule has 0 unspecified atom stereocenters. The summed E-state index contributed by atoms with van der Waals surface area (Å²) in [4.78, 5) is 19.0. The molecule has 1 aromatic carbocycles. The molecule has 10 heteroatoms. The van der Waals surface area contributed by atoms with Crippen molar-refractivity contribution in [2.75, 3.05) is 18.5 Å². The van der Waals surface area contributed by atoms with Gasteiger partial charge in [0.2, 0.25) is 9.74 Å². The largest absolute Gasteiger partial charge is 0.343 e. The summed E-state index contributed by atoms with van der Waals surface area (Å²) in [6, 6.07) is 8.96. The average Bonchev–Trinajstić information content (AvgIpc) is 2.68. The van der Waals surface area contributed by atoms with E-state index in [-0.39, 0.29) is 5.82 Å². The standard InChI is InChI=1S/C18H14Cl5N5/c1-28(9-6-11-4-7-24-8-5-11)17-26-15(25-16(27-17)18(21,22)23)12-2-3-13(19)14(20)10-12/h2-5,7-8,10H,6,9H2,1H3. The van der Waals surface area contributed by atoms with Crippen molar-refractivity contribution in [2.24, 2.45) is 0 Å². The van der Waals surface area contributed by atoms with Crippen LogP contribution in [0.25, 0.3) is 11.4 Å². The van der Waals surface area contributed by atoms with Gasteiger partial charge in [-0.25, -0.2) is 4.98 Å². The highest BCUT2D eigenvalue weighted by atomic mass is 35.6. The molecule has 0 bridgehead atoms. The Kier molecular flexibility index (Phi) is 6.84. The molecule has 3 aromatic rings. The minimum Gasteiger partial charge on any atom is -0.343 e. The zero-order valence-electron chi connectivity index (χ0n) is 14.6. The van der Waals surface area contributed by atoms with Crippen molar-refractivity contribution in [1.29, 1.82) is 0 Å². The molecule has 3 rings (SSSR count). The van der Waals surface area contributed by atoms with Crippen LogP contribution in [-0.2, 0) is 10.2 Å². The highest BCUT2D eigenvalue weighted by Crippen LogP contribution is 2.37. The van der Waals surface area contributed by atoms with Crippen LogP contribution in [0.2, 0.25) is 10.0 Å². The topological polar surface area (TPSA) is 54.8 Å². The average molecular weight is 478 g/mol. The van der Waals surface area contributed by atoms with Gasteiger partial charge in [-0.15, -0.1) is 0 Å². The van der Waals surface area contributed by atoms with Crippen molar-refractivity contribution in [3.63, 3.8) is 0 Å². The van der Waals surface area contributed by atoms with E-state index in [1.165, 1.54) is 0 Å². The summed E-state index contributed by atoms with van der Waals surface area (Å²) in [7, 11) is 1.86. The van der Waals surface area contributed by atoms with Crippen molar-refractivity contribution in [3.05, 3.63) is 64.2 Å². The van der Waals surface area contributed by atoms with Gasteiger partial charge in [0.1, 0.15) is 0 Å². The Morgan fingerprint density at radius 3 is 2.29 bits per heavy atom. The maximum atomic E-state index is 6.12. The smallest absolute Gasteiger partial charge is 0.250 e. The Hall–Kier alpha value is -1.37. The zero-order valence-corrected chi connectivity index (χ0v) is 18.4. The molecule has 0 aliphatic heterocycles. The Bertz CT molecular complexity index is 962. The van der Waals surface area contributed by atoms with Crippen LogP contribution in [-0.4, -0.2) is 33.5 Å². The number of aromatic nitrogens is 4. The van der Waals surface area contributed by atoms with Crippen molar-refractivity contribution >= 4 is 64.0 Å². The van der Waals surface area contributed by atoms with E-state index < -0.39 is 3.79 Å². The molecule has 0 saturated carbocycles. The number of hydrogen-bond donors (Lipinski definition) is 0. The third kappa shape index (κ3) is 5.37. The van der Waals surface area contributed by atoms with Gasteiger partial charge in [0.25, 0.3) is 0 Å². The number of benzene rings is 1. The summed E-state index contributed by atoms with van der Waals surface area (Å²) in [6.45, 7) is 0.647. The number of pyridine rings is 1. The lowest BCUT2D eigenvalue weighted by molar-refractivity contribution is 0.810. The van der Waals surface area contributed by atoms with Gasteiger partial charge in [0, 0.05) is 31.5 Å². The molecule has 146 valence electrons. The number of alkyl halides is 3. The van der Waals surface area contributed by atoms with Crippen molar-refractivity contribution < 1.29 is 0 Å². The van der Waals surface area contributed by atoms with Gasteiger partial charge >= 0.3 is 0 Å². The number of nitrogens with zero attached hydrogens (tertiary/aromatic N) is 5. The van der Waals surface area contributed by atoms with Gasteiger partial charge in [-0.2, -0.15) is 9.97 Å². The molecule has 0 aliphatic carbocycles. The Labute approximate surface area is 187 Å².